The van der Waals surface area contributed by atoms with Crippen LogP contribution in [0.2, 0.25) is 0 Å². The standard InChI is InChI=1S/C12H19N2O4PS/c1-14(19)11(12(15)18-2)8-9-4-6-10(7-5-9)13-20(3,16)17/h4-7,11,13H,8,19H2,1-3H3/t11-/m0/s1. The van der Waals surface area contributed by atoms with Crippen molar-refractivity contribution in [2.24, 2.45) is 0 Å². The zero-order chi connectivity index (χ0) is 15.3. The summed E-state index contributed by atoms with van der Waals surface area (Å²) in [6.07, 6.45) is 1.57. The van der Waals surface area contributed by atoms with Gasteiger partial charge in [-0.3, -0.25) is 14.2 Å². The number of benzene rings is 1. The molecule has 0 aliphatic rings. The number of sulfonamides is 1. The molecule has 0 heterocycles. The van der Waals surface area contributed by atoms with Crippen LogP contribution < -0.4 is 4.72 Å². The number of nitrogens with zero attached hydrogens (tertiary/aromatic N) is 1. The van der Waals surface area contributed by atoms with Crippen LogP contribution in [0.1, 0.15) is 5.56 Å². The van der Waals surface area contributed by atoms with E-state index in [0.29, 0.717) is 12.1 Å². The fraction of sp³-hybridized carbons (Fsp3) is 0.417. The van der Waals surface area contributed by atoms with Crippen LogP contribution in [0.15, 0.2) is 24.3 Å². The summed E-state index contributed by atoms with van der Waals surface area (Å²) in [4.78, 5) is 11.6. The van der Waals surface area contributed by atoms with Crippen LogP contribution >= 0.6 is 9.39 Å². The fourth-order valence-corrected chi connectivity index (χ4v) is 2.47. The van der Waals surface area contributed by atoms with Crippen LogP contribution in [0.3, 0.4) is 0 Å². The lowest BCUT2D eigenvalue weighted by molar-refractivity contribution is -0.144. The van der Waals surface area contributed by atoms with Crippen molar-refractivity contribution < 1.29 is 17.9 Å². The number of carbonyl (C=O) groups is 1. The van der Waals surface area contributed by atoms with Crippen molar-refractivity contribution in [3.05, 3.63) is 29.8 Å². The number of rotatable bonds is 6. The average Bonchev–Trinajstić information content (AvgIpc) is 2.34. The molecule has 0 aromatic heterocycles. The van der Waals surface area contributed by atoms with E-state index in [9.17, 15) is 13.2 Å². The number of hydrogen-bond acceptors (Lipinski definition) is 5. The minimum atomic E-state index is -3.28. The molecule has 0 aliphatic carbocycles. The number of ether oxygens (including phenoxy) is 1. The highest BCUT2D eigenvalue weighted by Gasteiger charge is 2.21. The highest BCUT2D eigenvalue weighted by Crippen LogP contribution is 2.16. The van der Waals surface area contributed by atoms with E-state index in [-0.39, 0.29) is 5.97 Å². The van der Waals surface area contributed by atoms with Gasteiger partial charge in [0.2, 0.25) is 10.0 Å². The van der Waals surface area contributed by atoms with Gasteiger partial charge >= 0.3 is 5.97 Å². The molecule has 1 N–H and O–H groups in total. The van der Waals surface area contributed by atoms with Gasteiger partial charge in [0, 0.05) is 5.69 Å². The summed E-state index contributed by atoms with van der Waals surface area (Å²) in [5.41, 5.74) is 1.40. The Balaban J connectivity index is 2.80. The lowest BCUT2D eigenvalue weighted by Crippen LogP contribution is -2.35. The first-order chi connectivity index (χ1) is 9.23. The van der Waals surface area contributed by atoms with Crippen LogP contribution in [0.25, 0.3) is 0 Å². The molecular weight excluding hydrogens is 299 g/mol. The first-order valence-electron chi connectivity index (χ1n) is 5.85. The summed E-state index contributed by atoms with van der Waals surface area (Å²) in [5.74, 6) is -0.319. The van der Waals surface area contributed by atoms with Crippen molar-refractivity contribution in [2.45, 2.75) is 12.5 Å². The second-order valence-electron chi connectivity index (χ2n) is 4.48. The molecule has 1 aromatic rings. The molecule has 0 amide bonds. The SMILES string of the molecule is COC(=O)[C@H](Cc1ccc(NS(C)(=O)=O)cc1)N(C)P. The van der Waals surface area contributed by atoms with Crippen LogP contribution in [0.4, 0.5) is 5.69 Å². The average molecular weight is 318 g/mol. The van der Waals surface area contributed by atoms with Gasteiger partial charge in [-0.1, -0.05) is 21.5 Å². The number of carbonyl (C=O) groups excluding carboxylic acids is 1. The van der Waals surface area contributed by atoms with Crippen LogP contribution in [0.5, 0.6) is 0 Å². The van der Waals surface area contributed by atoms with Crippen LogP contribution in [-0.4, -0.2) is 45.5 Å². The second-order valence-corrected chi connectivity index (χ2v) is 7.04. The molecule has 0 fully saturated rings. The molecule has 0 aliphatic heterocycles. The van der Waals surface area contributed by atoms with Gasteiger partial charge in [-0.15, -0.1) is 0 Å². The third kappa shape index (κ3) is 5.45. The van der Waals surface area contributed by atoms with Gasteiger partial charge in [-0.05, 0) is 31.2 Å². The largest absolute Gasteiger partial charge is 0.468 e. The smallest absolute Gasteiger partial charge is 0.323 e. The zero-order valence-electron chi connectivity index (χ0n) is 11.7. The van der Waals surface area contributed by atoms with Gasteiger partial charge in [0.05, 0.1) is 13.4 Å². The minimum absolute atomic E-state index is 0.319. The minimum Gasteiger partial charge on any atom is -0.468 e. The summed E-state index contributed by atoms with van der Waals surface area (Å²) < 4.78 is 31.0. The highest BCUT2D eigenvalue weighted by atomic mass is 32.2. The van der Waals surface area contributed by atoms with Crippen molar-refractivity contribution in [1.82, 2.24) is 4.67 Å². The van der Waals surface area contributed by atoms with Gasteiger partial charge in [-0.2, -0.15) is 0 Å². The van der Waals surface area contributed by atoms with E-state index in [1.54, 1.807) is 36.0 Å². The molecule has 6 nitrogen and oxygen atoms in total. The number of hydrogen-bond donors (Lipinski definition) is 1. The summed E-state index contributed by atoms with van der Waals surface area (Å²) in [7, 11) is 2.28. The van der Waals surface area contributed by atoms with Crippen molar-refractivity contribution in [1.29, 1.82) is 0 Å². The van der Waals surface area contributed by atoms with Crippen molar-refractivity contribution in [2.75, 3.05) is 25.1 Å². The van der Waals surface area contributed by atoms with E-state index in [1.165, 1.54) is 7.11 Å². The molecule has 0 saturated heterocycles. The van der Waals surface area contributed by atoms with Crippen molar-refractivity contribution >= 4 is 31.1 Å². The van der Waals surface area contributed by atoms with E-state index >= 15 is 0 Å². The van der Waals surface area contributed by atoms with Crippen molar-refractivity contribution in [3.63, 3.8) is 0 Å². The van der Waals surface area contributed by atoms with E-state index in [2.05, 4.69) is 14.1 Å². The first-order valence-corrected chi connectivity index (χ1v) is 8.26. The molecule has 1 unspecified atom stereocenters. The zero-order valence-corrected chi connectivity index (χ0v) is 13.6. The number of methoxy groups -OCH3 is 1. The second kappa shape index (κ2) is 7.02. The Kier molecular flexibility index (Phi) is 5.92. The predicted octanol–water partition coefficient (Wildman–Crippen LogP) is 0.864. The quantitative estimate of drug-likeness (QED) is 0.622. The molecule has 1 rings (SSSR count). The maximum Gasteiger partial charge on any atom is 0.323 e. The predicted molar refractivity (Wildman–Crippen MR) is 81.9 cm³/mol. The molecule has 0 radical (unpaired) electrons. The Bertz CT molecular complexity index is 557. The monoisotopic (exact) mass is 318 g/mol. The maximum atomic E-state index is 11.6. The summed E-state index contributed by atoms with van der Waals surface area (Å²) >= 11 is 0. The number of nitrogens with one attached hydrogen (secondary N) is 1. The molecule has 0 bridgehead atoms. The number of likely N-dealkylation sites (N-methyl/N-ethyl adjacent to an activating group) is 1. The van der Waals surface area contributed by atoms with E-state index < -0.39 is 16.1 Å². The third-order valence-electron chi connectivity index (χ3n) is 2.65. The molecule has 112 valence electrons. The molecule has 20 heavy (non-hydrogen) atoms. The van der Waals surface area contributed by atoms with Gasteiger partial charge in [0.15, 0.2) is 0 Å². The Labute approximate surface area is 121 Å². The lowest BCUT2D eigenvalue weighted by atomic mass is 10.1. The molecule has 0 spiro atoms. The van der Waals surface area contributed by atoms with Gasteiger partial charge in [0.1, 0.15) is 6.04 Å². The summed E-state index contributed by atoms with van der Waals surface area (Å²) in [6.45, 7) is 0. The topological polar surface area (TPSA) is 75.7 Å². The Morgan fingerprint density at radius 2 is 1.95 bits per heavy atom. The third-order valence-corrected chi connectivity index (χ3v) is 3.62. The maximum absolute atomic E-state index is 11.6. The summed E-state index contributed by atoms with van der Waals surface area (Å²) in [6, 6.07) is 6.47. The number of esters is 1. The molecule has 8 heteroatoms. The summed E-state index contributed by atoms with van der Waals surface area (Å²) in [5, 5.41) is 0. The van der Waals surface area contributed by atoms with Crippen LogP contribution in [-0.2, 0) is 26.0 Å². The Morgan fingerprint density at radius 3 is 2.35 bits per heavy atom. The Hall–Kier alpha value is -1.17. The van der Waals surface area contributed by atoms with Gasteiger partial charge in [-0.25, -0.2) is 8.42 Å². The Morgan fingerprint density at radius 1 is 1.40 bits per heavy atom. The first kappa shape index (κ1) is 16.9. The van der Waals surface area contributed by atoms with E-state index in [0.717, 1.165) is 11.8 Å². The normalized spacial score (nSPS) is 13.1. The van der Waals surface area contributed by atoms with E-state index in [1.807, 2.05) is 0 Å². The molecule has 0 saturated carbocycles. The lowest BCUT2D eigenvalue weighted by Gasteiger charge is -2.21. The number of anilines is 1. The van der Waals surface area contributed by atoms with Crippen LogP contribution in [0, 0.1) is 0 Å². The van der Waals surface area contributed by atoms with Crippen molar-refractivity contribution in [3.8, 4) is 0 Å². The molecule has 1 aromatic carbocycles. The highest BCUT2D eigenvalue weighted by molar-refractivity contribution is 7.92. The molecule has 2 atom stereocenters. The molecular formula is C12H19N2O4PS. The van der Waals surface area contributed by atoms with E-state index in [4.69, 9.17) is 4.74 Å². The fourth-order valence-electron chi connectivity index (χ4n) is 1.68. The van der Waals surface area contributed by atoms with Gasteiger partial charge in [0.25, 0.3) is 0 Å². The van der Waals surface area contributed by atoms with Gasteiger partial charge < -0.3 is 4.74 Å².